The average molecular weight is 248 g/mol. The van der Waals surface area contributed by atoms with Crippen LogP contribution >= 0.6 is 0 Å². The van der Waals surface area contributed by atoms with Gasteiger partial charge in [0.05, 0.1) is 11.7 Å². The van der Waals surface area contributed by atoms with E-state index in [1.807, 2.05) is 6.20 Å². The van der Waals surface area contributed by atoms with E-state index in [0.29, 0.717) is 0 Å². The molecule has 100 valence electrons. The van der Waals surface area contributed by atoms with Crippen molar-refractivity contribution in [2.45, 2.75) is 58.0 Å². The van der Waals surface area contributed by atoms with Gasteiger partial charge in [0.25, 0.3) is 0 Å². The molecule has 2 rings (SSSR count). The van der Waals surface area contributed by atoms with Crippen molar-refractivity contribution in [1.82, 2.24) is 15.2 Å². The first-order valence-corrected chi connectivity index (χ1v) is 7.01. The zero-order valence-electron chi connectivity index (χ0n) is 11.2. The molecule has 1 aromatic heterocycles. The van der Waals surface area contributed by atoms with Gasteiger partial charge in [0.1, 0.15) is 0 Å². The van der Waals surface area contributed by atoms with E-state index in [9.17, 15) is 0 Å². The van der Waals surface area contributed by atoms with Crippen LogP contribution in [0.3, 0.4) is 0 Å². The van der Waals surface area contributed by atoms with Gasteiger partial charge in [-0.25, -0.2) is 0 Å². The van der Waals surface area contributed by atoms with E-state index in [4.69, 9.17) is 5.84 Å². The van der Waals surface area contributed by atoms with Gasteiger partial charge in [-0.2, -0.15) is 5.10 Å². The van der Waals surface area contributed by atoms with Crippen LogP contribution in [-0.2, 0) is 6.54 Å². The first-order valence-electron chi connectivity index (χ1n) is 7.01. The molecule has 1 atom stereocenters. The predicted molar refractivity (Wildman–Crippen MR) is 73.8 cm³/mol. The van der Waals surface area contributed by atoms with Crippen LogP contribution in [0.5, 0.6) is 0 Å². The molecule has 1 unspecified atom stereocenters. The molecule has 18 heavy (non-hydrogen) atoms. The molecule has 0 spiro atoms. The van der Waals surface area contributed by atoms with Gasteiger partial charge in [-0.05, 0) is 44.6 Å². The molecule has 4 nitrogen and oxygen atoms in total. The van der Waals surface area contributed by atoms with Crippen LogP contribution < -0.4 is 11.3 Å². The Hall–Kier alpha value is -1.13. The summed E-state index contributed by atoms with van der Waals surface area (Å²) in [5, 5.41) is 4.37. The number of nitrogens with one attached hydrogen (secondary N) is 1. The van der Waals surface area contributed by atoms with Gasteiger partial charge in [0.2, 0.25) is 0 Å². The molecule has 0 fully saturated rings. The molecule has 0 aromatic carbocycles. The highest BCUT2D eigenvalue weighted by Crippen LogP contribution is 2.27. The van der Waals surface area contributed by atoms with Crippen molar-refractivity contribution in [1.29, 1.82) is 0 Å². The molecule has 1 aliphatic carbocycles. The third-order valence-corrected chi connectivity index (χ3v) is 3.59. The number of nitrogens with two attached hydrogens (primary N) is 1. The van der Waals surface area contributed by atoms with Gasteiger partial charge < -0.3 is 0 Å². The highest BCUT2D eigenvalue weighted by atomic mass is 15.3. The molecule has 0 aliphatic heterocycles. The molecule has 0 bridgehead atoms. The molecule has 1 aromatic rings. The Morgan fingerprint density at radius 1 is 1.50 bits per heavy atom. The van der Waals surface area contributed by atoms with Gasteiger partial charge in [-0.1, -0.05) is 18.6 Å². The Balaban J connectivity index is 2.07. The highest BCUT2D eigenvalue weighted by molar-refractivity contribution is 5.14. The maximum Gasteiger partial charge on any atom is 0.0666 e. The third-order valence-electron chi connectivity index (χ3n) is 3.59. The summed E-state index contributed by atoms with van der Waals surface area (Å²) in [6, 6.07) is 2.26. The number of hydrogen-bond donors (Lipinski definition) is 2. The van der Waals surface area contributed by atoms with Crippen LogP contribution in [0.1, 0.15) is 57.2 Å². The van der Waals surface area contributed by atoms with E-state index < -0.39 is 0 Å². The summed E-state index contributed by atoms with van der Waals surface area (Å²) in [7, 11) is 0. The van der Waals surface area contributed by atoms with Crippen LogP contribution in [0.15, 0.2) is 23.9 Å². The van der Waals surface area contributed by atoms with Crippen molar-refractivity contribution in [2.75, 3.05) is 0 Å². The second-order valence-corrected chi connectivity index (χ2v) is 5.01. The van der Waals surface area contributed by atoms with Crippen LogP contribution in [0.2, 0.25) is 0 Å². The summed E-state index contributed by atoms with van der Waals surface area (Å²) in [5.74, 6) is 5.73. The summed E-state index contributed by atoms with van der Waals surface area (Å²) in [5.41, 5.74) is 5.68. The molecule has 0 saturated carbocycles. The molecule has 3 N–H and O–H groups in total. The Kier molecular flexibility index (Phi) is 4.96. The second kappa shape index (κ2) is 6.71. The van der Waals surface area contributed by atoms with Crippen molar-refractivity contribution in [2.24, 2.45) is 5.84 Å². The number of allylic oxidation sites excluding steroid dienone is 1. The summed E-state index contributed by atoms with van der Waals surface area (Å²) < 4.78 is 2.06. The zero-order chi connectivity index (χ0) is 12.8. The molecule has 0 radical (unpaired) electrons. The summed E-state index contributed by atoms with van der Waals surface area (Å²) in [6.45, 7) is 3.12. The number of aryl methyl sites for hydroxylation is 1. The fraction of sp³-hybridized carbons (Fsp3) is 0.643. The lowest BCUT2D eigenvalue weighted by Crippen LogP contribution is -2.30. The van der Waals surface area contributed by atoms with Crippen molar-refractivity contribution < 1.29 is 0 Å². The largest absolute Gasteiger partial charge is 0.271 e. The van der Waals surface area contributed by atoms with Crippen LogP contribution in [0.25, 0.3) is 0 Å². The lowest BCUT2D eigenvalue weighted by Gasteiger charge is -2.21. The molecule has 4 heteroatoms. The van der Waals surface area contributed by atoms with Crippen molar-refractivity contribution in [3.63, 3.8) is 0 Å². The number of hydrogen-bond acceptors (Lipinski definition) is 3. The lowest BCUT2D eigenvalue weighted by molar-refractivity contribution is 0.468. The minimum Gasteiger partial charge on any atom is -0.271 e. The second-order valence-electron chi connectivity index (χ2n) is 5.01. The summed E-state index contributed by atoms with van der Waals surface area (Å²) in [4.78, 5) is 0. The normalized spacial score (nSPS) is 17.6. The Bertz CT molecular complexity index is 394. The average Bonchev–Trinajstić information content (AvgIpc) is 2.86. The van der Waals surface area contributed by atoms with Crippen molar-refractivity contribution >= 4 is 0 Å². The van der Waals surface area contributed by atoms with E-state index in [-0.39, 0.29) is 6.04 Å². The van der Waals surface area contributed by atoms with E-state index in [2.05, 4.69) is 34.3 Å². The summed E-state index contributed by atoms with van der Waals surface area (Å²) >= 11 is 0. The standard InChI is InChI=1S/C14H24N4/c1-2-10-18-14(8-9-16-18)13(17-15)11-12-6-4-3-5-7-12/h6,8-9,13,17H,2-5,7,10-11,15H2,1H3. The topological polar surface area (TPSA) is 55.9 Å². The summed E-state index contributed by atoms with van der Waals surface area (Å²) in [6.07, 6.45) is 11.4. The van der Waals surface area contributed by atoms with Gasteiger partial charge in [-0.15, -0.1) is 0 Å². The fourth-order valence-corrected chi connectivity index (χ4v) is 2.64. The number of aromatic nitrogens is 2. The van der Waals surface area contributed by atoms with Gasteiger partial charge in [0, 0.05) is 12.7 Å². The van der Waals surface area contributed by atoms with E-state index >= 15 is 0 Å². The predicted octanol–water partition coefficient (Wildman–Crippen LogP) is 2.69. The zero-order valence-corrected chi connectivity index (χ0v) is 11.2. The molecule has 0 amide bonds. The Morgan fingerprint density at radius 3 is 3.06 bits per heavy atom. The maximum absolute atomic E-state index is 5.73. The number of nitrogens with zero attached hydrogens (tertiary/aromatic N) is 2. The van der Waals surface area contributed by atoms with Gasteiger partial charge >= 0.3 is 0 Å². The first kappa shape index (κ1) is 13.3. The first-order chi connectivity index (χ1) is 8.85. The van der Waals surface area contributed by atoms with Crippen LogP contribution in [0, 0.1) is 0 Å². The van der Waals surface area contributed by atoms with Gasteiger partial charge in [-0.3, -0.25) is 16.0 Å². The third kappa shape index (κ3) is 3.21. The van der Waals surface area contributed by atoms with Crippen molar-refractivity contribution in [3.05, 3.63) is 29.6 Å². The van der Waals surface area contributed by atoms with E-state index in [1.54, 1.807) is 0 Å². The molecule has 1 heterocycles. The lowest BCUT2D eigenvalue weighted by atomic mass is 9.93. The monoisotopic (exact) mass is 248 g/mol. The molecule has 0 saturated heterocycles. The van der Waals surface area contributed by atoms with E-state index in [1.165, 1.54) is 37.0 Å². The Labute approximate surface area is 109 Å². The minimum atomic E-state index is 0.184. The molecular formula is C14H24N4. The van der Waals surface area contributed by atoms with Gasteiger partial charge in [0.15, 0.2) is 0 Å². The van der Waals surface area contributed by atoms with Crippen LogP contribution in [-0.4, -0.2) is 9.78 Å². The highest BCUT2D eigenvalue weighted by Gasteiger charge is 2.17. The minimum absolute atomic E-state index is 0.184. The number of rotatable bonds is 6. The maximum atomic E-state index is 5.73. The van der Waals surface area contributed by atoms with E-state index in [0.717, 1.165) is 19.4 Å². The quantitative estimate of drug-likeness (QED) is 0.462. The van der Waals surface area contributed by atoms with Crippen molar-refractivity contribution in [3.8, 4) is 0 Å². The fourth-order valence-electron chi connectivity index (χ4n) is 2.64. The molecular weight excluding hydrogens is 224 g/mol. The smallest absolute Gasteiger partial charge is 0.0666 e. The molecule has 1 aliphatic rings. The SMILES string of the molecule is CCCn1nccc1C(CC1=CCCCC1)NN. The number of hydrazine groups is 1. The Morgan fingerprint density at radius 2 is 2.39 bits per heavy atom. The van der Waals surface area contributed by atoms with Crippen LogP contribution in [0.4, 0.5) is 0 Å².